The van der Waals surface area contributed by atoms with Crippen LogP contribution >= 0.6 is 0 Å². The third-order valence-electron chi connectivity index (χ3n) is 2.02. The summed E-state index contributed by atoms with van der Waals surface area (Å²) in [6.07, 6.45) is 3.26. The number of phenols is 1. The average Bonchev–Trinajstić information content (AvgIpc) is 2.38. The van der Waals surface area contributed by atoms with E-state index in [1.807, 2.05) is 4.72 Å². The van der Waals surface area contributed by atoms with E-state index < -0.39 is 16.3 Å². The van der Waals surface area contributed by atoms with Gasteiger partial charge in [0.2, 0.25) is 0 Å². The van der Waals surface area contributed by atoms with Crippen LogP contribution in [0.4, 0.5) is 0 Å². The quantitative estimate of drug-likeness (QED) is 0.598. The van der Waals surface area contributed by atoms with E-state index in [2.05, 4.69) is 11.3 Å². The molecular formula is C12H13NO6S. The molecule has 8 heteroatoms. The number of rotatable bonds is 6. The van der Waals surface area contributed by atoms with Crippen LogP contribution < -0.4 is 8.91 Å². The Hall–Kier alpha value is -2.48. The van der Waals surface area contributed by atoms with Gasteiger partial charge in [0.15, 0.2) is 5.75 Å². The van der Waals surface area contributed by atoms with Crippen molar-refractivity contribution in [2.75, 3.05) is 7.11 Å². The highest BCUT2D eigenvalue weighted by Crippen LogP contribution is 2.25. The van der Waals surface area contributed by atoms with Gasteiger partial charge < -0.3 is 14.0 Å². The minimum Gasteiger partial charge on any atom is -0.508 e. The third kappa shape index (κ3) is 4.65. The van der Waals surface area contributed by atoms with Crippen molar-refractivity contribution in [2.45, 2.75) is 0 Å². The summed E-state index contributed by atoms with van der Waals surface area (Å²) < 4.78 is 34.0. The molecule has 20 heavy (non-hydrogen) atoms. The van der Waals surface area contributed by atoms with Gasteiger partial charge >= 0.3 is 16.3 Å². The van der Waals surface area contributed by atoms with E-state index in [-0.39, 0.29) is 17.1 Å². The molecule has 108 valence electrons. The zero-order valence-corrected chi connectivity index (χ0v) is 11.4. The Labute approximate surface area is 116 Å². The van der Waals surface area contributed by atoms with Crippen molar-refractivity contribution in [3.05, 3.63) is 42.6 Å². The maximum atomic E-state index is 11.4. The van der Waals surface area contributed by atoms with Crippen LogP contribution in [0.15, 0.2) is 37.1 Å². The molecule has 0 heterocycles. The van der Waals surface area contributed by atoms with Gasteiger partial charge in [-0.25, -0.2) is 4.79 Å². The summed E-state index contributed by atoms with van der Waals surface area (Å²) >= 11 is 0. The second kappa shape index (κ2) is 6.62. The van der Waals surface area contributed by atoms with Crippen molar-refractivity contribution in [3.63, 3.8) is 0 Å². The second-order valence-electron chi connectivity index (χ2n) is 3.44. The molecule has 0 bridgehead atoms. The number of nitrogens with one attached hydrogen (secondary N) is 1. The maximum absolute atomic E-state index is 11.4. The first-order chi connectivity index (χ1) is 9.38. The average molecular weight is 299 g/mol. The van der Waals surface area contributed by atoms with Crippen molar-refractivity contribution < 1.29 is 27.2 Å². The summed E-state index contributed by atoms with van der Waals surface area (Å²) in [5.41, 5.74) is 0.185. The molecule has 0 aliphatic heterocycles. The molecule has 0 aromatic heterocycles. The van der Waals surface area contributed by atoms with E-state index in [0.29, 0.717) is 0 Å². The molecule has 0 amide bonds. The first-order valence-corrected chi connectivity index (χ1v) is 6.70. The Morgan fingerprint density at radius 2 is 2.15 bits per heavy atom. The van der Waals surface area contributed by atoms with Crippen molar-refractivity contribution in [1.82, 2.24) is 4.72 Å². The molecular weight excluding hydrogens is 286 g/mol. The van der Waals surface area contributed by atoms with Gasteiger partial charge in [0, 0.05) is 17.8 Å². The van der Waals surface area contributed by atoms with Gasteiger partial charge in [0.05, 0.1) is 7.11 Å². The van der Waals surface area contributed by atoms with Gasteiger partial charge in [-0.15, -0.1) is 0 Å². The van der Waals surface area contributed by atoms with Crippen molar-refractivity contribution in [1.29, 1.82) is 0 Å². The van der Waals surface area contributed by atoms with E-state index in [9.17, 15) is 18.3 Å². The minimum absolute atomic E-state index is 0.0719. The van der Waals surface area contributed by atoms with Gasteiger partial charge in [-0.3, -0.25) is 4.72 Å². The number of hydrogen-bond acceptors (Lipinski definition) is 6. The number of ether oxygens (including phenoxy) is 1. The molecule has 0 fully saturated rings. The normalized spacial score (nSPS) is 11.1. The van der Waals surface area contributed by atoms with Crippen LogP contribution in [0.2, 0.25) is 0 Å². The van der Waals surface area contributed by atoms with E-state index in [1.165, 1.54) is 31.4 Å². The molecule has 2 N–H and O–H groups in total. The fraction of sp³-hybridized carbons (Fsp3) is 0.0833. The molecule has 0 spiro atoms. The van der Waals surface area contributed by atoms with E-state index in [4.69, 9.17) is 4.18 Å². The number of carbonyl (C=O) groups excluding carboxylic acids is 1. The summed E-state index contributed by atoms with van der Waals surface area (Å²) in [7, 11) is -2.86. The number of aromatic hydroxyl groups is 1. The van der Waals surface area contributed by atoms with Gasteiger partial charge in [-0.2, -0.15) is 8.42 Å². The fourth-order valence-corrected chi connectivity index (χ4v) is 1.85. The molecule has 7 nitrogen and oxygen atoms in total. The van der Waals surface area contributed by atoms with Crippen LogP contribution in [0.3, 0.4) is 0 Å². The summed E-state index contributed by atoms with van der Waals surface area (Å²) in [6.45, 7) is 3.21. The molecule has 0 unspecified atom stereocenters. The zero-order valence-electron chi connectivity index (χ0n) is 10.6. The topological polar surface area (TPSA) is 102 Å². The molecule has 0 aliphatic rings. The monoisotopic (exact) mass is 299 g/mol. The fourth-order valence-electron chi connectivity index (χ4n) is 1.21. The van der Waals surface area contributed by atoms with E-state index in [1.54, 1.807) is 0 Å². The van der Waals surface area contributed by atoms with Crippen molar-refractivity contribution in [2.24, 2.45) is 0 Å². The maximum Gasteiger partial charge on any atom is 0.407 e. The lowest BCUT2D eigenvalue weighted by atomic mass is 10.2. The number of phenolic OH excluding ortho intramolecular Hbond substituents is 1. The first-order valence-electron chi connectivity index (χ1n) is 5.29. The number of benzene rings is 1. The Morgan fingerprint density at radius 1 is 1.45 bits per heavy atom. The number of hydrogen-bond donors (Lipinski definition) is 2. The number of esters is 1. The lowest BCUT2D eigenvalue weighted by Crippen LogP contribution is -2.23. The predicted octanol–water partition coefficient (Wildman–Crippen LogP) is 0.935. The van der Waals surface area contributed by atoms with Crippen LogP contribution in [0.1, 0.15) is 5.56 Å². The zero-order chi connectivity index (χ0) is 15.2. The van der Waals surface area contributed by atoms with Gasteiger partial charge in [-0.05, 0) is 24.3 Å². The summed E-state index contributed by atoms with van der Waals surface area (Å²) in [6, 6.07) is 3.72. The van der Waals surface area contributed by atoms with Crippen LogP contribution in [0.5, 0.6) is 11.5 Å². The Bertz CT molecular complexity index is 635. The molecule has 1 aromatic carbocycles. The van der Waals surface area contributed by atoms with Gasteiger partial charge in [0.25, 0.3) is 0 Å². The second-order valence-corrected chi connectivity index (χ2v) is 4.75. The SMILES string of the molecule is C=CNS(=O)(=O)Oc1ccc(O)cc1/C=C/C(=O)OC. The van der Waals surface area contributed by atoms with Crippen molar-refractivity contribution in [3.8, 4) is 11.5 Å². The minimum atomic E-state index is -4.06. The standard InChI is InChI=1S/C12H13NO6S/c1-3-13-20(16,17)19-11-6-5-10(14)8-9(11)4-7-12(15)18-2/h3-8,13-14H,1H2,2H3/b7-4+. The van der Waals surface area contributed by atoms with Crippen LogP contribution in [0, 0.1) is 0 Å². The molecule has 0 saturated carbocycles. The smallest absolute Gasteiger partial charge is 0.407 e. The molecule has 1 rings (SSSR count). The van der Waals surface area contributed by atoms with E-state index >= 15 is 0 Å². The lowest BCUT2D eigenvalue weighted by molar-refractivity contribution is -0.134. The molecule has 0 atom stereocenters. The lowest BCUT2D eigenvalue weighted by Gasteiger charge is -2.09. The summed E-state index contributed by atoms with van der Waals surface area (Å²) in [4.78, 5) is 11.0. The van der Waals surface area contributed by atoms with Gasteiger partial charge in [0.1, 0.15) is 5.75 Å². The van der Waals surface area contributed by atoms with Gasteiger partial charge in [-0.1, -0.05) is 6.58 Å². The molecule has 0 radical (unpaired) electrons. The molecule has 1 aromatic rings. The largest absolute Gasteiger partial charge is 0.508 e. The Kier molecular flexibility index (Phi) is 5.15. The third-order valence-corrected chi connectivity index (χ3v) is 2.88. The first kappa shape index (κ1) is 15.6. The van der Waals surface area contributed by atoms with Crippen LogP contribution in [-0.4, -0.2) is 26.6 Å². The predicted molar refractivity (Wildman–Crippen MR) is 72.0 cm³/mol. The summed E-state index contributed by atoms with van der Waals surface area (Å²) in [5, 5.41) is 9.37. The number of carbonyl (C=O) groups is 1. The highest BCUT2D eigenvalue weighted by molar-refractivity contribution is 7.85. The highest BCUT2D eigenvalue weighted by atomic mass is 32.2. The molecule has 0 aliphatic carbocycles. The van der Waals surface area contributed by atoms with Crippen molar-refractivity contribution >= 4 is 22.3 Å². The number of methoxy groups -OCH3 is 1. The van der Waals surface area contributed by atoms with E-state index in [0.717, 1.165) is 12.3 Å². The highest BCUT2D eigenvalue weighted by Gasteiger charge is 2.13. The Balaban J connectivity index is 3.11. The Morgan fingerprint density at radius 3 is 2.75 bits per heavy atom. The molecule has 0 saturated heterocycles. The van der Waals surface area contributed by atoms with Crippen LogP contribution in [0.25, 0.3) is 6.08 Å². The summed E-state index contributed by atoms with van der Waals surface area (Å²) in [5.74, 6) is -0.820. The van der Waals surface area contributed by atoms with Crippen LogP contribution in [-0.2, 0) is 19.8 Å².